The van der Waals surface area contributed by atoms with Crippen molar-refractivity contribution in [1.29, 1.82) is 0 Å². The van der Waals surface area contributed by atoms with Crippen molar-refractivity contribution < 1.29 is 9.13 Å². The van der Waals surface area contributed by atoms with Crippen molar-refractivity contribution in [1.82, 2.24) is 0 Å². The molecule has 2 N–H and O–H groups in total. The molecule has 2 rings (SSSR count). The van der Waals surface area contributed by atoms with Crippen molar-refractivity contribution in [3.8, 4) is 5.75 Å². The molecule has 1 unspecified atom stereocenters. The summed E-state index contributed by atoms with van der Waals surface area (Å²) in [7, 11) is 0. The molecule has 0 saturated heterocycles. The molecule has 24 heavy (non-hydrogen) atoms. The maximum atomic E-state index is 14.1. The minimum absolute atomic E-state index is 0.0932. The minimum Gasteiger partial charge on any atom is -0.491 e. The monoisotopic (exact) mass is 329 g/mol. The van der Waals surface area contributed by atoms with Gasteiger partial charge in [-0.2, -0.15) is 0 Å². The van der Waals surface area contributed by atoms with Crippen LogP contribution < -0.4 is 10.5 Å². The molecule has 0 heterocycles. The summed E-state index contributed by atoms with van der Waals surface area (Å²) in [5, 5.41) is 0. The van der Waals surface area contributed by atoms with Gasteiger partial charge in [0.25, 0.3) is 0 Å². The van der Waals surface area contributed by atoms with Gasteiger partial charge in [0.2, 0.25) is 0 Å². The highest BCUT2D eigenvalue weighted by molar-refractivity contribution is 5.34. The molecule has 1 atom stereocenters. The smallest absolute Gasteiger partial charge is 0.165 e. The van der Waals surface area contributed by atoms with E-state index >= 15 is 0 Å². The lowest BCUT2D eigenvalue weighted by molar-refractivity contribution is 0.321. The second kappa shape index (κ2) is 7.80. The highest BCUT2D eigenvalue weighted by Crippen LogP contribution is 2.27. The van der Waals surface area contributed by atoms with Crippen LogP contribution >= 0.6 is 0 Å². The predicted molar refractivity (Wildman–Crippen MR) is 98.2 cm³/mol. The second-order valence-electron chi connectivity index (χ2n) is 7.21. The van der Waals surface area contributed by atoms with Gasteiger partial charge >= 0.3 is 0 Å². The largest absolute Gasteiger partial charge is 0.491 e. The first kappa shape index (κ1) is 18.5. The Morgan fingerprint density at radius 1 is 1.08 bits per heavy atom. The zero-order valence-corrected chi connectivity index (χ0v) is 15.1. The molecule has 0 aliphatic rings. The summed E-state index contributed by atoms with van der Waals surface area (Å²) in [5.41, 5.74) is 9.53. The standard InChI is InChI=1S/C21H28FNO/c1-5-24-20-11-8-16(13-19(20)22)17(14-23)12-15-6-9-18(10-7-15)21(2,3)4/h6-11,13,17H,5,12,14,23H2,1-4H3. The highest BCUT2D eigenvalue weighted by Gasteiger charge is 2.16. The number of nitrogens with two attached hydrogens (primary N) is 1. The molecule has 0 aliphatic heterocycles. The maximum Gasteiger partial charge on any atom is 0.165 e. The third-order valence-electron chi connectivity index (χ3n) is 4.31. The predicted octanol–water partition coefficient (Wildman–Crippen LogP) is 4.81. The van der Waals surface area contributed by atoms with Crippen LogP contribution in [0.2, 0.25) is 0 Å². The Labute approximate surface area is 144 Å². The first-order valence-electron chi connectivity index (χ1n) is 8.57. The lowest BCUT2D eigenvalue weighted by Gasteiger charge is -2.20. The Hall–Kier alpha value is -1.87. The van der Waals surface area contributed by atoms with Crippen LogP contribution in [0.1, 0.15) is 50.3 Å². The van der Waals surface area contributed by atoms with E-state index in [-0.39, 0.29) is 17.2 Å². The molecule has 0 saturated carbocycles. The molecule has 0 aliphatic carbocycles. The van der Waals surface area contributed by atoms with E-state index in [0.29, 0.717) is 18.9 Å². The summed E-state index contributed by atoms with van der Waals surface area (Å²) >= 11 is 0. The molecule has 2 aromatic rings. The van der Waals surface area contributed by atoms with Gasteiger partial charge in [0.15, 0.2) is 11.6 Å². The van der Waals surface area contributed by atoms with E-state index in [1.54, 1.807) is 12.1 Å². The van der Waals surface area contributed by atoms with Gasteiger partial charge in [0, 0.05) is 5.92 Å². The van der Waals surface area contributed by atoms with Crippen molar-refractivity contribution in [2.45, 2.75) is 45.4 Å². The van der Waals surface area contributed by atoms with Crippen LogP contribution in [0.3, 0.4) is 0 Å². The number of benzene rings is 2. The summed E-state index contributed by atoms with van der Waals surface area (Å²) in [6.45, 7) is 9.39. The minimum atomic E-state index is -0.323. The van der Waals surface area contributed by atoms with Crippen molar-refractivity contribution in [2.24, 2.45) is 5.73 Å². The zero-order chi connectivity index (χ0) is 17.7. The first-order chi connectivity index (χ1) is 11.3. The van der Waals surface area contributed by atoms with Gasteiger partial charge in [0.05, 0.1) is 6.61 Å². The van der Waals surface area contributed by atoms with E-state index in [4.69, 9.17) is 10.5 Å². The van der Waals surface area contributed by atoms with Gasteiger partial charge in [-0.15, -0.1) is 0 Å². The summed E-state index contributed by atoms with van der Waals surface area (Å²) in [6, 6.07) is 13.8. The average molecular weight is 329 g/mol. The van der Waals surface area contributed by atoms with E-state index in [1.165, 1.54) is 11.1 Å². The van der Waals surface area contributed by atoms with Crippen LogP contribution in [0.5, 0.6) is 5.75 Å². The number of rotatable bonds is 6. The molecule has 0 bridgehead atoms. The molecule has 0 fully saturated rings. The zero-order valence-electron chi connectivity index (χ0n) is 15.1. The fourth-order valence-electron chi connectivity index (χ4n) is 2.81. The van der Waals surface area contributed by atoms with Gasteiger partial charge in [-0.1, -0.05) is 51.1 Å². The van der Waals surface area contributed by atoms with E-state index < -0.39 is 0 Å². The molecule has 130 valence electrons. The Morgan fingerprint density at radius 2 is 1.75 bits per heavy atom. The maximum absolute atomic E-state index is 14.1. The number of ether oxygens (including phenoxy) is 1. The summed E-state index contributed by atoms with van der Waals surface area (Å²) < 4.78 is 19.4. The third kappa shape index (κ3) is 4.57. The molecule has 2 nitrogen and oxygen atoms in total. The van der Waals surface area contributed by atoms with Gasteiger partial charge < -0.3 is 10.5 Å². The summed E-state index contributed by atoms with van der Waals surface area (Å²) in [6.07, 6.45) is 0.800. The van der Waals surface area contributed by atoms with E-state index in [9.17, 15) is 4.39 Å². The second-order valence-corrected chi connectivity index (χ2v) is 7.21. The normalized spacial score (nSPS) is 12.9. The van der Waals surface area contributed by atoms with Crippen LogP contribution in [-0.4, -0.2) is 13.2 Å². The summed E-state index contributed by atoms with van der Waals surface area (Å²) in [5.74, 6) is 0.0677. The van der Waals surface area contributed by atoms with Crippen LogP contribution in [-0.2, 0) is 11.8 Å². The van der Waals surface area contributed by atoms with Gasteiger partial charge in [0.1, 0.15) is 0 Å². The van der Waals surface area contributed by atoms with Gasteiger partial charge in [-0.25, -0.2) is 4.39 Å². The summed E-state index contributed by atoms with van der Waals surface area (Å²) in [4.78, 5) is 0. The van der Waals surface area contributed by atoms with Crippen LogP contribution in [0.4, 0.5) is 4.39 Å². The number of hydrogen-bond donors (Lipinski definition) is 1. The average Bonchev–Trinajstić information content (AvgIpc) is 2.54. The molecule has 0 radical (unpaired) electrons. The molecule has 0 spiro atoms. The topological polar surface area (TPSA) is 35.2 Å². The SMILES string of the molecule is CCOc1ccc(C(CN)Cc2ccc(C(C)(C)C)cc2)cc1F. The molecular formula is C21H28FNO. The lowest BCUT2D eigenvalue weighted by atomic mass is 9.85. The molecule has 2 aromatic carbocycles. The van der Waals surface area contributed by atoms with E-state index in [2.05, 4.69) is 45.0 Å². The third-order valence-corrected chi connectivity index (χ3v) is 4.31. The van der Waals surface area contributed by atoms with E-state index in [0.717, 1.165) is 12.0 Å². The molecule has 0 aromatic heterocycles. The molecule has 3 heteroatoms. The van der Waals surface area contributed by atoms with Gasteiger partial charge in [-0.3, -0.25) is 0 Å². The molecule has 0 amide bonds. The number of hydrogen-bond acceptors (Lipinski definition) is 2. The van der Waals surface area contributed by atoms with Crippen LogP contribution in [0.15, 0.2) is 42.5 Å². The van der Waals surface area contributed by atoms with Crippen molar-refractivity contribution in [3.63, 3.8) is 0 Å². The Morgan fingerprint density at radius 3 is 2.25 bits per heavy atom. The van der Waals surface area contributed by atoms with Crippen molar-refractivity contribution >= 4 is 0 Å². The van der Waals surface area contributed by atoms with Crippen molar-refractivity contribution in [3.05, 3.63) is 65.0 Å². The van der Waals surface area contributed by atoms with Crippen LogP contribution in [0.25, 0.3) is 0 Å². The molecular weight excluding hydrogens is 301 g/mol. The first-order valence-corrected chi connectivity index (χ1v) is 8.57. The Kier molecular flexibility index (Phi) is 6.00. The quantitative estimate of drug-likeness (QED) is 0.825. The Balaban J connectivity index is 2.16. The Bertz CT molecular complexity index is 659. The lowest BCUT2D eigenvalue weighted by Crippen LogP contribution is -2.16. The van der Waals surface area contributed by atoms with Crippen molar-refractivity contribution in [2.75, 3.05) is 13.2 Å². The highest BCUT2D eigenvalue weighted by atomic mass is 19.1. The van der Waals surface area contributed by atoms with Crippen LogP contribution in [0, 0.1) is 5.82 Å². The fraction of sp³-hybridized carbons (Fsp3) is 0.429. The number of halogens is 1. The van der Waals surface area contributed by atoms with Gasteiger partial charge in [-0.05, 0) is 54.1 Å². The fourth-order valence-corrected chi connectivity index (χ4v) is 2.81. The van der Waals surface area contributed by atoms with E-state index in [1.807, 2.05) is 13.0 Å².